The lowest BCUT2D eigenvalue weighted by Gasteiger charge is -2.33. The van der Waals surface area contributed by atoms with Crippen molar-refractivity contribution in [2.24, 2.45) is 0 Å². The molecule has 1 saturated heterocycles. The van der Waals surface area contributed by atoms with E-state index in [4.69, 9.17) is 0 Å². The fourth-order valence-electron chi connectivity index (χ4n) is 3.90. The molecule has 3 aromatic rings. The van der Waals surface area contributed by atoms with Gasteiger partial charge in [0.15, 0.2) is 0 Å². The molecule has 0 N–H and O–H groups in total. The Kier molecular flexibility index (Phi) is 5.12. The van der Waals surface area contributed by atoms with Gasteiger partial charge in [-0.25, -0.2) is 4.39 Å². The monoisotopic (exact) mass is 345 g/mol. The average molecular weight is 345 g/mol. The summed E-state index contributed by atoms with van der Waals surface area (Å²) in [7, 11) is 0. The van der Waals surface area contributed by atoms with E-state index in [1.54, 1.807) is 0 Å². The van der Waals surface area contributed by atoms with Crippen LogP contribution in [-0.4, -0.2) is 18.0 Å². The molecule has 1 aliphatic heterocycles. The standard InChI is InChI=1S/C24H24FN/c25-24-14-12-21(13-15-24)20-8-10-22(11-9-20)23-7-4-16-26(18-23)17-19-5-2-1-3-6-19/h1-3,5-6,8-15,23H,4,7,16-18H2/t23-/m1/s1. The van der Waals surface area contributed by atoms with E-state index < -0.39 is 0 Å². The summed E-state index contributed by atoms with van der Waals surface area (Å²) >= 11 is 0. The van der Waals surface area contributed by atoms with Gasteiger partial charge in [0.2, 0.25) is 0 Å². The summed E-state index contributed by atoms with van der Waals surface area (Å²) in [6.45, 7) is 3.33. The Morgan fingerprint density at radius 1 is 0.808 bits per heavy atom. The first-order valence-corrected chi connectivity index (χ1v) is 9.40. The van der Waals surface area contributed by atoms with Gasteiger partial charge < -0.3 is 0 Å². The van der Waals surface area contributed by atoms with Crippen molar-refractivity contribution in [3.63, 3.8) is 0 Å². The zero-order chi connectivity index (χ0) is 17.8. The average Bonchev–Trinajstić information content (AvgIpc) is 2.70. The molecule has 1 fully saturated rings. The third kappa shape index (κ3) is 4.03. The van der Waals surface area contributed by atoms with E-state index in [0.29, 0.717) is 5.92 Å². The highest BCUT2D eigenvalue weighted by Crippen LogP contribution is 2.29. The highest BCUT2D eigenvalue weighted by atomic mass is 19.1. The third-order valence-corrected chi connectivity index (χ3v) is 5.31. The summed E-state index contributed by atoms with van der Waals surface area (Å²) in [5.74, 6) is 0.404. The molecule has 0 spiro atoms. The third-order valence-electron chi connectivity index (χ3n) is 5.31. The van der Waals surface area contributed by atoms with Crippen LogP contribution in [0.2, 0.25) is 0 Å². The molecule has 1 heterocycles. The van der Waals surface area contributed by atoms with Crippen molar-refractivity contribution in [2.75, 3.05) is 13.1 Å². The van der Waals surface area contributed by atoms with E-state index in [2.05, 4.69) is 59.5 Å². The van der Waals surface area contributed by atoms with E-state index in [1.165, 1.54) is 42.6 Å². The van der Waals surface area contributed by atoms with Gasteiger partial charge in [-0.2, -0.15) is 0 Å². The molecule has 0 radical (unpaired) electrons. The molecule has 26 heavy (non-hydrogen) atoms. The number of piperidine rings is 1. The maximum absolute atomic E-state index is 13.1. The Balaban J connectivity index is 1.44. The van der Waals surface area contributed by atoms with Gasteiger partial charge >= 0.3 is 0 Å². The molecule has 1 atom stereocenters. The van der Waals surface area contributed by atoms with Gasteiger partial charge in [-0.15, -0.1) is 0 Å². The SMILES string of the molecule is Fc1ccc(-c2ccc([C@@H]3CCCN(Cc4ccccc4)C3)cc2)cc1. The van der Waals surface area contributed by atoms with E-state index >= 15 is 0 Å². The lowest BCUT2D eigenvalue weighted by molar-refractivity contribution is 0.200. The van der Waals surface area contributed by atoms with Crippen LogP contribution >= 0.6 is 0 Å². The maximum Gasteiger partial charge on any atom is 0.123 e. The Labute approximate surface area is 155 Å². The van der Waals surface area contributed by atoms with Crippen LogP contribution in [0.3, 0.4) is 0 Å². The Morgan fingerprint density at radius 3 is 2.15 bits per heavy atom. The fraction of sp³-hybridized carbons (Fsp3) is 0.250. The van der Waals surface area contributed by atoms with Gasteiger partial charge in [0.05, 0.1) is 0 Å². The predicted octanol–water partition coefficient (Wildman–Crippen LogP) is 5.87. The fourth-order valence-corrected chi connectivity index (χ4v) is 3.90. The van der Waals surface area contributed by atoms with Crippen LogP contribution in [0.4, 0.5) is 4.39 Å². The number of hydrogen-bond acceptors (Lipinski definition) is 1. The van der Waals surface area contributed by atoms with Gasteiger partial charge in [0.1, 0.15) is 5.82 Å². The number of hydrogen-bond donors (Lipinski definition) is 0. The van der Waals surface area contributed by atoms with Crippen molar-refractivity contribution < 1.29 is 4.39 Å². The molecule has 1 nitrogen and oxygen atoms in total. The minimum Gasteiger partial charge on any atom is -0.298 e. The zero-order valence-electron chi connectivity index (χ0n) is 14.9. The maximum atomic E-state index is 13.1. The molecular formula is C24H24FN. The molecule has 1 aliphatic rings. The molecule has 3 aromatic carbocycles. The molecule has 4 rings (SSSR count). The second kappa shape index (κ2) is 7.84. The van der Waals surface area contributed by atoms with Crippen LogP contribution in [0.1, 0.15) is 29.9 Å². The molecule has 0 saturated carbocycles. The second-order valence-electron chi connectivity index (χ2n) is 7.19. The van der Waals surface area contributed by atoms with Crippen LogP contribution < -0.4 is 0 Å². The van der Waals surface area contributed by atoms with Crippen molar-refractivity contribution in [2.45, 2.75) is 25.3 Å². The first-order chi connectivity index (χ1) is 12.8. The topological polar surface area (TPSA) is 3.24 Å². The van der Waals surface area contributed by atoms with Crippen LogP contribution in [0, 0.1) is 5.82 Å². The summed E-state index contributed by atoms with van der Waals surface area (Å²) in [6, 6.07) is 26.3. The smallest absolute Gasteiger partial charge is 0.123 e. The van der Waals surface area contributed by atoms with Crippen molar-refractivity contribution >= 4 is 0 Å². The van der Waals surface area contributed by atoms with E-state index in [0.717, 1.165) is 24.2 Å². The van der Waals surface area contributed by atoms with Crippen LogP contribution in [0.5, 0.6) is 0 Å². The molecular weight excluding hydrogens is 321 g/mol. The predicted molar refractivity (Wildman–Crippen MR) is 106 cm³/mol. The largest absolute Gasteiger partial charge is 0.298 e. The Hall–Kier alpha value is -2.45. The highest BCUT2D eigenvalue weighted by molar-refractivity contribution is 5.63. The number of rotatable bonds is 4. The van der Waals surface area contributed by atoms with Crippen LogP contribution in [-0.2, 0) is 6.54 Å². The van der Waals surface area contributed by atoms with Crippen LogP contribution in [0.25, 0.3) is 11.1 Å². The molecule has 0 bridgehead atoms. The quantitative estimate of drug-likeness (QED) is 0.571. The molecule has 0 unspecified atom stereocenters. The normalized spacial score (nSPS) is 18.0. The number of nitrogens with zero attached hydrogens (tertiary/aromatic N) is 1. The van der Waals surface area contributed by atoms with Crippen LogP contribution in [0.15, 0.2) is 78.9 Å². The number of likely N-dealkylation sites (tertiary alicyclic amines) is 1. The molecule has 132 valence electrons. The number of benzene rings is 3. The Bertz CT molecular complexity index is 824. The summed E-state index contributed by atoms with van der Waals surface area (Å²) in [4.78, 5) is 2.57. The van der Waals surface area contributed by atoms with Crippen molar-refractivity contribution in [1.82, 2.24) is 4.90 Å². The molecule has 0 aliphatic carbocycles. The van der Waals surface area contributed by atoms with E-state index in [-0.39, 0.29) is 5.82 Å². The number of halogens is 1. The van der Waals surface area contributed by atoms with Crippen molar-refractivity contribution in [3.8, 4) is 11.1 Å². The van der Waals surface area contributed by atoms with Gasteiger partial charge in [0, 0.05) is 13.1 Å². The van der Waals surface area contributed by atoms with E-state index in [1.807, 2.05) is 12.1 Å². The lowest BCUT2D eigenvalue weighted by atomic mass is 9.89. The van der Waals surface area contributed by atoms with Gasteiger partial charge in [-0.3, -0.25) is 4.90 Å². The highest BCUT2D eigenvalue weighted by Gasteiger charge is 2.21. The van der Waals surface area contributed by atoms with Gasteiger partial charge in [-0.1, -0.05) is 66.7 Å². The summed E-state index contributed by atoms with van der Waals surface area (Å²) in [5.41, 5.74) is 5.01. The lowest BCUT2D eigenvalue weighted by Crippen LogP contribution is -2.33. The zero-order valence-corrected chi connectivity index (χ0v) is 14.9. The molecule has 2 heteroatoms. The minimum absolute atomic E-state index is 0.189. The molecule has 0 amide bonds. The minimum atomic E-state index is -0.189. The summed E-state index contributed by atoms with van der Waals surface area (Å²) in [5, 5.41) is 0. The summed E-state index contributed by atoms with van der Waals surface area (Å²) in [6.07, 6.45) is 2.50. The Morgan fingerprint density at radius 2 is 1.46 bits per heavy atom. The van der Waals surface area contributed by atoms with Gasteiger partial charge in [0.25, 0.3) is 0 Å². The first-order valence-electron chi connectivity index (χ1n) is 9.40. The van der Waals surface area contributed by atoms with E-state index in [9.17, 15) is 4.39 Å². The van der Waals surface area contributed by atoms with Crippen molar-refractivity contribution in [3.05, 3.63) is 95.8 Å². The molecule has 0 aromatic heterocycles. The first kappa shape index (κ1) is 17.0. The van der Waals surface area contributed by atoms with Crippen molar-refractivity contribution in [1.29, 1.82) is 0 Å². The summed E-state index contributed by atoms with van der Waals surface area (Å²) < 4.78 is 13.1. The second-order valence-corrected chi connectivity index (χ2v) is 7.19. The van der Waals surface area contributed by atoms with Gasteiger partial charge in [-0.05, 0) is 59.7 Å².